The summed E-state index contributed by atoms with van der Waals surface area (Å²) in [4.78, 5) is 19.0. The molecular weight excluding hydrogens is 450 g/mol. The lowest BCUT2D eigenvalue weighted by Gasteiger charge is -2.13. The van der Waals surface area contributed by atoms with Crippen molar-refractivity contribution in [2.24, 2.45) is 0 Å². The standard InChI is InChI=1S/C23H18F2N4O3S/c1-31-15-5-2-13(3-6-15)21-22-17(8-9-20(27-22)32-11-19(24)25)28-29(23(21)30)14-4-7-16-18(10-14)33-12-26-16/h2-10,19,26H,11-12H2,1H3. The van der Waals surface area contributed by atoms with E-state index in [4.69, 9.17) is 9.47 Å². The Bertz CT molecular complexity index is 1390. The van der Waals surface area contributed by atoms with E-state index in [-0.39, 0.29) is 22.5 Å². The number of nitrogens with one attached hydrogen (secondary N) is 1. The molecule has 7 nitrogen and oxygen atoms in total. The summed E-state index contributed by atoms with van der Waals surface area (Å²) in [6.07, 6.45) is -2.64. The maximum Gasteiger partial charge on any atom is 0.281 e. The number of benzene rings is 2. The maximum atomic E-state index is 13.7. The van der Waals surface area contributed by atoms with Gasteiger partial charge in [-0.1, -0.05) is 12.1 Å². The Kier molecular flexibility index (Phi) is 5.59. The van der Waals surface area contributed by atoms with Gasteiger partial charge in [0, 0.05) is 16.6 Å². The van der Waals surface area contributed by atoms with E-state index >= 15 is 0 Å². The molecule has 0 bridgehead atoms. The van der Waals surface area contributed by atoms with Crippen LogP contribution < -0.4 is 20.3 Å². The highest BCUT2D eigenvalue weighted by Crippen LogP contribution is 2.35. The van der Waals surface area contributed by atoms with Crippen molar-refractivity contribution < 1.29 is 18.3 Å². The third-order valence-corrected chi connectivity index (χ3v) is 6.07. The van der Waals surface area contributed by atoms with E-state index in [0.29, 0.717) is 22.5 Å². The third kappa shape index (κ3) is 4.09. The predicted octanol–water partition coefficient (Wildman–Crippen LogP) is 4.58. The minimum atomic E-state index is -2.64. The molecule has 33 heavy (non-hydrogen) atoms. The lowest BCUT2D eigenvalue weighted by Crippen LogP contribution is -2.23. The fourth-order valence-electron chi connectivity index (χ4n) is 3.58. The molecule has 4 aromatic rings. The zero-order chi connectivity index (χ0) is 22.9. The van der Waals surface area contributed by atoms with Crippen molar-refractivity contribution in [2.45, 2.75) is 11.3 Å². The molecule has 0 fully saturated rings. The molecule has 0 radical (unpaired) electrons. The molecule has 0 atom stereocenters. The number of fused-ring (bicyclic) bond motifs is 2. The molecule has 0 unspecified atom stereocenters. The largest absolute Gasteiger partial charge is 0.497 e. The number of halogens is 2. The SMILES string of the molecule is COc1ccc(-c2c(=O)n(-c3ccc4c(c3)SCN4)nc3ccc(OCC(F)F)nc23)cc1. The van der Waals surface area contributed by atoms with Gasteiger partial charge in [0.1, 0.15) is 16.8 Å². The molecule has 3 heterocycles. The first-order valence-corrected chi connectivity index (χ1v) is 11.0. The van der Waals surface area contributed by atoms with Crippen LogP contribution in [0.15, 0.2) is 64.3 Å². The Morgan fingerprint density at radius 1 is 1.15 bits per heavy atom. The molecule has 0 amide bonds. The minimum absolute atomic E-state index is 0.00323. The first kappa shape index (κ1) is 21.2. The van der Waals surface area contributed by atoms with Gasteiger partial charge in [0.2, 0.25) is 5.88 Å². The summed E-state index contributed by atoms with van der Waals surface area (Å²) in [5, 5.41) is 7.77. The van der Waals surface area contributed by atoms with Gasteiger partial charge < -0.3 is 14.8 Å². The molecule has 1 N–H and O–H groups in total. The molecule has 1 aliphatic rings. The van der Waals surface area contributed by atoms with Crippen molar-refractivity contribution in [3.05, 3.63) is 65.0 Å². The van der Waals surface area contributed by atoms with Gasteiger partial charge >= 0.3 is 0 Å². The second kappa shape index (κ2) is 8.70. The molecular formula is C23H18F2N4O3S. The van der Waals surface area contributed by atoms with Gasteiger partial charge in [0.05, 0.1) is 24.2 Å². The number of hydrogen-bond donors (Lipinski definition) is 1. The predicted molar refractivity (Wildman–Crippen MR) is 123 cm³/mol. The molecule has 5 rings (SSSR count). The van der Waals surface area contributed by atoms with E-state index in [9.17, 15) is 13.6 Å². The second-order valence-corrected chi connectivity index (χ2v) is 8.20. The average molecular weight is 468 g/mol. The number of methoxy groups -OCH3 is 1. The maximum absolute atomic E-state index is 13.7. The lowest BCUT2D eigenvalue weighted by molar-refractivity contribution is 0.0798. The molecule has 2 aromatic heterocycles. The highest BCUT2D eigenvalue weighted by molar-refractivity contribution is 7.99. The van der Waals surface area contributed by atoms with Crippen LogP contribution in [0.25, 0.3) is 27.8 Å². The summed E-state index contributed by atoms with van der Waals surface area (Å²) in [5.74, 6) is 1.40. The first-order chi connectivity index (χ1) is 16.0. The number of anilines is 1. The summed E-state index contributed by atoms with van der Waals surface area (Å²) in [6.45, 7) is -0.790. The van der Waals surface area contributed by atoms with Crippen LogP contribution >= 0.6 is 11.8 Å². The summed E-state index contributed by atoms with van der Waals surface area (Å²) in [5.41, 5.74) is 2.82. The van der Waals surface area contributed by atoms with Crippen molar-refractivity contribution in [3.8, 4) is 28.4 Å². The molecule has 2 aromatic carbocycles. The van der Waals surface area contributed by atoms with Crippen LogP contribution in [0.5, 0.6) is 11.6 Å². The van der Waals surface area contributed by atoms with E-state index in [0.717, 1.165) is 16.5 Å². The number of nitrogens with zero attached hydrogens (tertiary/aromatic N) is 3. The van der Waals surface area contributed by atoms with Crippen LogP contribution in [0.1, 0.15) is 0 Å². The minimum Gasteiger partial charge on any atom is -0.497 e. The second-order valence-electron chi connectivity index (χ2n) is 7.19. The van der Waals surface area contributed by atoms with Crippen LogP contribution in [0.4, 0.5) is 14.5 Å². The zero-order valence-corrected chi connectivity index (χ0v) is 18.2. The third-order valence-electron chi connectivity index (χ3n) is 5.14. The Morgan fingerprint density at radius 2 is 1.97 bits per heavy atom. The van der Waals surface area contributed by atoms with Crippen LogP contribution in [-0.4, -0.2) is 40.8 Å². The van der Waals surface area contributed by atoms with Crippen molar-refractivity contribution in [2.75, 3.05) is 24.9 Å². The van der Waals surface area contributed by atoms with E-state index in [1.165, 1.54) is 10.7 Å². The highest BCUT2D eigenvalue weighted by Gasteiger charge is 2.19. The Morgan fingerprint density at radius 3 is 2.73 bits per heavy atom. The van der Waals surface area contributed by atoms with E-state index in [1.54, 1.807) is 49.2 Å². The van der Waals surface area contributed by atoms with Crippen molar-refractivity contribution >= 4 is 28.5 Å². The molecule has 1 aliphatic heterocycles. The van der Waals surface area contributed by atoms with E-state index in [2.05, 4.69) is 15.4 Å². The molecule has 0 spiro atoms. The topological polar surface area (TPSA) is 78.3 Å². The highest BCUT2D eigenvalue weighted by atomic mass is 32.2. The Balaban J connectivity index is 1.72. The normalized spacial score (nSPS) is 12.6. The van der Waals surface area contributed by atoms with Crippen molar-refractivity contribution in [1.29, 1.82) is 0 Å². The van der Waals surface area contributed by atoms with Crippen molar-refractivity contribution in [1.82, 2.24) is 14.8 Å². The fourth-order valence-corrected chi connectivity index (χ4v) is 4.46. The van der Waals surface area contributed by atoms with Gasteiger partial charge in [-0.25, -0.2) is 13.8 Å². The molecule has 168 valence electrons. The summed E-state index contributed by atoms with van der Waals surface area (Å²) < 4.78 is 36.9. The number of hydrogen-bond acceptors (Lipinski definition) is 7. The summed E-state index contributed by atoms with van der Waals surface area (Å²) >= 11 is 1.64. The van der Waals surface area contributed by atoms with Crippen LogP contribution in [0.2, 0.25) is 0 Å². The van der Waals surface area contributed by atoms with E-state index < -0.39 is 13.0 Å². The van der Waals surface area contributed by atoms with Gasteiger partial charge in [0.15, 0.2) is 6.61 Å². The van der Waals surface area contributed by atoms with Gasteiger partial charge in [0.25, 0.3) is 12.0 Å². The van der Waals surface area contributed by atoms with E-state index in [1.807, 2.05) is 18.2 Å². The van der Waals surface area contributed by atoms with Crippen LogP contribution in [-0.2, 0) is 0 Å². The number of pyridine rings is 1. The smallest absolute Gasteiger partial charge is 0.281 e. The molecule has 10 heteroatoms. The van der Waals surface area contributed by atoms with Gasteiger partial charge in [-0.2, -0.15) is 9.78 Å². The Hall–Kier alpha value is -3.66. The van der Waals surface area contributed by atoms with Crippen LogP contribution in [0.3, 0.4) is 0 Å². The van der Waals surface area contributed by atoms with Crippen LogP contribution in [0, 0.1) is 0 Å². The number of aromatic nitrogens is 3. The van der Waals surface area contributed by atoms with Gasteiger partial charge in [-0.15, -0.1) is 11.8 Å². The lowest BCUT2D eigenvalue weighted by atomic mass is 10.1. The Labute approximate surface area is 191 Å². The molecule has 0 saturated heterocycles. The summed E-state index contributed by atoms with van der Waals surface area (Å²) in [6, 6.07) is 15.7. The van der Waals surface area contributed by atoms with Gasteiger partial charge in [-0.3, -0.25) is 4.79 Å². The zero-order valence-electron chi connectivity index (χ0n) is 17.4. The summed E-state index contributed by atoms with van der Waals surface area (Å²) in [7, 11) is 1.55. The number of ether oxygens (including phenoxy) is 2. The number of thioether (sulfide) groups is 1. The number of alkyl halides is 2. The van der Waals surface area contributed by atoms with Gasteiger partial charge in [-0.05, 0) is 42.0 Å². The average Bonchev–Trinajstić information content (AvgIpc) is 3.30. The first-order valence-electron chi connectivity index (χ1n) is 10.0. The quantitative estimate of drug-likeness (QED) is 0.444. The molecule has 0 saturated carbocycles. The van der Waals surface area contributed by atoms with Crippen molar-refractivity contribution in [3.63, 3.8) is 0 Å². The monoisotopic (exact) mass is 468 g/mol. The fraction of sp³-hybridized carbons (Fsp3) is 0.174. The number of rotatable bonds is 6. The molecule has 0 aliphatic carbocycles.